The molecule has 0 unspecified atom stereocenters. The molecule has 2 amide bonds. The zero-order valence-corrected chi connectivity index (χ0v) is 13.8. The molecular weight excluding hydrogens is 311 g/mol. The maximum absolute atomic E-state index is 13.2. The van der Waals surface area contributed by atoms with Crippen LogP contribution in [-0.2, 0) is 11.8 Å². The summed E-state index contributed by atoms with van der Waals surface area (Å²) in [6.45, 7) is 1.81. The van der Waals surface area contributed by atoms with Crippen LogP contribution in [0.1, 0.15) is 34.2 Å². The van der Waals surface area contributed by atoms with Crippen LogP contribution in [0.25, 0.3) is 0 Å². The van der Waals surface area contributed by atoms with E-state index in [0.717, 1.165) is 11.3 Å². The van der Waals surface area contributed by atoms with Crippen molar-refractivity contribution in [3.05, 3.63) is 53.1 Å². The van der Waals surface area contributed by atoms with Crippen LogP contribution in [-0.4, -0.2) is 39.6 Å². The van der Waals surface area contributed by atoms with Crippen LogP contribution in [0, 0.1) is 12.7 Å². The van der Waals surface area contributed by atoms with E-state index in [1.807, 2.05) is 6.92 Å². The van der Waals surface area contributed by atoms with Crippen molar-refractivity contribution in [1.29, 1.82) is 0 Å². The first-order valence-electron chi connectivity index (χ1n) is 7.69. The zero-order chi connectivity index (χ0) is 17.4. The smallest absolute Gasteiger partial charge is 0.269 e. The maximum Gasteiger partial charge on any atom is 0.269 e. The molecular formula is C17H19FN4O2. The number of carbonyl (C=O) groups excluding carboxylic acids is 2. The summed E-state index contributed by atoms with van der Waals surface area (Å²) in [4.78, 5) is 26.2. The van der Waals surface area contributed by atoms with E-state index >= 15 is 0 Å². The van der Waals surface area contributed by atoms with E-state index in [2.05, 4.69) is 10.4 Å². The van der Waals surface area contributed by atoms with Crippen molar-refractivity contribution in [2.24, 2.45) is 7.05 Å². The third kappa shape index (κ3) is 2.89. The summed E-state index contributed by atoms with van der Waals surface area (Å²) < 4.78 is 14.7. The monoisotopic (exact) mass is 330 g/mol. The first-order chi connectivity index (χ1) is 11.4. The van der Waals surface area contributed by atoms with Gasteiger partial charge in [0.15, 0.2) is 0 Å². The molecule has 6 nitrogen and oxygen atoms in total. The number of aromatic nitrogens is 2. The van der Waals surface area contributed by atoms with Crippen LogP contribution >= 0.6 is 0 Å². The average molecular weight is 330 g/mol. The van der Waals surface area contributed by atoms with Gasteiger partial charge in [0.05, 0.1) is 17.8 Å². The van der Waals surface area contributed by atoms with Crippen LogP contribution in [0.5, 0.6) is 0 Å². The number of carbonyl (C=O) groups is 2. The van der Waals surface area contributed by atoms with Gasteiger partial charge in [-0.25, -0.2) is 4.39 Å². The van der Waals surface area contributed by atoms with Crippen LogP contribution in [0.15, 0.2) is 30.3 Å². The Morgan fingerprint density at radius 1 is 1.29 bits per heavy atom. The first-order valence-corrected chi connectivity index (χ1v) is 7.69. The number of amides is 2. The largest absolute Gasteiger partial charge is 0.345 e. The van der Waals surface area contributed by atoms with Gasteiger partial charge >= 0.3 is 0 Å². The van der Waals surface area contributed by atoms with Gasteiger partial charge in [-0.2, -0.15) is 5.10 Å². The SMILES string of the molecule is Cc1cc(C(=O)N[C@@H]2CC(=O)N(C)[C@H]2c2ccc(F)cc2)n(C)n1. The molecule has 1 aromatic carbocycles. The van der Waals surface area contributed by atoms with Crippen molar-refractivity contribution in [3.8, 4) is 0 Å². The quantitative estimate of drug-likeness (QED) is 0.929. The summed E-state index contributed by atoms with van der Waals surface area (Å²) in [6, 6.07) is 6.99. The molecule has 126 valence electrons. The summed E-state index contributed by atoms with van der Waals surface area (Å²) in [5.74, 6) is -0.675. The molecule has 0 spiro atoms. The minimum absolute atomic E-state index is 0.0594. The number of hydrogen-bond acceptors (Lipinski definition) is 3. The molecule has 1 aliphatic rings. The fourth-order valence-electron chi connectivity index (χ4n) is 3.18. The summed E-state index contributed by atoms with van der Waals surface area (Å²) in [5.41, 5.74) is 1.97. The highest BCUT2D eigenvalue weighted by Crippen LogP contribution is 2.32. The Bertz CT molecular complexity index is 784. The second-order valence-electron chi connectivity index (χ2n) is 6.08. The molecule has 1 fully saturated rings. The van der Waals surface area contributed by atoms with E-state index in [1.165, 1.54) is 16.8 Å². The highest BCUT2D eigenvalue weighted by molar-refractivity contribution is 5.93. The highest BCUT2D eigenvalue weighted by atomic mass is 19.1. The number of hydrogen-bond donors (Lipinski definition) is 1. The lowest BCUT2D eigenvalue weighted by atomic mass is 10.00. The van der Waals surface area contributed by atoms with Gasteiger partial charge in [-0.3, -0.25) is 14.3 Å². The number of halogens is 1. The minimum Gasteiger partial charge on any atom is -0.345 e. The van der Waals surface area contributed by atoms with Crippen molar-refractivity contribution in [2.75, 3.05) is 7.05 Å². The lowest BCUT2D eigenvalue weighted by Gasteiger charge is -2.26. The van der Waals surface area contributed by atoms with Crippen molar-refractivity contribution >= 4 is 11.8 Å². The lowest BCUT2D eigenvalue weighted by Crippen LogP contribution is -2.39. The molecule has 2 aromatic rings. The second kappa shape index (κ2) is 6.07. The predicted molar refractivity (Wildman–Crippen MR) is 85.7 cm³/mol. The van der Waals surface area contributed by atoms with Crippen molar-refractivity contribution in [1.82, 2.24) is 20.0 Å². The Balaban J connectivity index is 1.85. The Kier molecular flexibility index (Phi) is 4.09. The van der Waals surface area contributed by atoms with Gasteiger partial charge in [0.1, 0.15) is 11.5 Å². The summed E-state index contributed by atoms with van der Waals surface area (Å²) >= 11 is 0. The Morgan fingerprint density at radius 2 is 1.96 bits per heavy atom. The van der Waals surface area contributed by atoms with Crippen LogP contribution < -0.4 is 5.32 Å². The third-order valence-corrected chi connectivity index (χ3v) is 4.35. The van der Waals surface area contributed by atoms with E-state index in [-0.39, 0.29) is 36.1 Å². The van der Waals surface area contributed by atoms with Gasteiger partial charge in [0.25, 0.3) is 5.91 Å². The molecule has 2 heterocycles. The van der Waals surface area contributed by atoms with E-state index in [4.69, 9.17) is 0 Å². The van der Waals surface area contributed by atoms with Gasteiger partial charge in [0.2, 0.25) is 5.91 Å². The molecule has 3 rings (SSSR count). The number of benzene rings is 1. The van der Waals surface area contributed by atoms with Crippen molar-refractivity contribution < 1.29 is 14.0 Å². The summed E-state index contributed by atoms with van der Waals surface area (Å²) in [6.07, 6.45) is 0.209. The number of likely N-dealkylation sites (N-methyl/N-ethyl adjacent to an activating group) is 1. The van der Waals surface area contributed by atoms with E-state index < -0.39 is 0 Å². The molecule has 0 radical (unpaired) electrons. The maximum atomic E-state index is 13.2. The van der Waals surface area contributed by atoms with Crippen LogP contribution in [0.3, 0.4) is 0 Å². The van der Waals surface area contributed by atoms with Gasteiger partial charge in [-0.1, -0.05) is 12.1 Å². The molecule has 1 aromatic heterocycles. The molecule has 1 N–H and O–H groups in total. The minimum atomic E-state index is -0.379. The number of likely N-dealkylation sites (tertiary alicyclic amines) is 1. The van der Waals surface area contributed by atoms with Crippen molar-refractivity contribution in [2.45, 2.75) is 25.4 Å². The molecule has 24 heavy (non-hydrogen) atoms. The first kappa shape index (κ1) is 16.2. The van der Waals surface area contributed by atoms with E-state index in [1.54, 1.807) is 37.2 Å². The summed E-state index contributed by atoms with van der Waals surface area (Å²) in [5, 5.41) is 7.08. The Hall–Kier alpha value is -2.70. The molecule has 1 saturated heterocycles. The van der Waals surface area contributed by atoms with E-state index in [9.17, 15) is 14.0 Å². The van der Waals surface area contributed by atoms with Gasteiger partial charge in [0, 0.05) is 20.5 Å². The van der Waals surface area contributed by atoms with E-state index in [0.29, 0.717) is 5.69 Å². The molecule has 0 bridgehead atoms. The van der Waals surface area contributed by atoms with Crippen LogP contribution in [0.4, 0.5) is 4.39 Å². The standard InChI is InChI=1S/C17H19FN4O2/c1-10-8-14(22(3)20-10)17(24)19-13-9-15(23)21(2)16(13)11-4-6-12(18)7-5-11/h4-8,13,16H,9H2,1-3H3,(H,19,24)/t13-,16+/m1/s1. The fraction of sp³-hybridized carbons (Fsp3) is 0.353. The number of nitrogens with zero attached hydrogens (tertiary/aromatic N) is 3. The number of aryl methyl sites for hydroxylation is 2. The lowest BCUT2D eigenvalue weighted by molar-refractivity contribution is -0.127. The third-order valence-electron chi connectivity index (χ3n) is 4.35. The number of nitrogens with one attached hydrogen (secondary N) is 1. The predicted octanol–water partition coefficient (Wildman–Crippen LogP) is 1.57. The van der Waals surface area contributed by atoms with Gasteiger partial charge in [-0.05, 0) is 30.7 Å². The second-order valence-corrected chi connectivity index (χ2v) is 6.08. The average Bonchev–Trinajstić information content (AvgIpc) is 3.00. The van der Waals surface area contributed by atoms with Gasteiger partial charge in [-0.15, -0.1) is 0 Å². The highest BCUT2D eigenvalue weighted by Gasteiger charge is 2.39. The molecule has 7 heteroatoms. The topological polar surface area (TPSA) is 67.2 Å². The molecule has 2 atom stereocenters. The van der Waals surface area contributed by atoms with Crippen LogP contribution in [0.2, 0.25) is 0 Å². The normalized spacial score (nSPS) is 20.5. The molecule has 0 aliphatic carbocycles. The fourth-order valence-corrected chi connectivity index (χ4v) is 3.18. The Labute approximate surface area is 139 Å². The van der Waals surface area contributed by atoms with Gasteiger partial charge < -0.3 is 10.2 Å². The summed E-state index contributed by atoms with van der Waals surface area (Å²) in [7, 11) is 3.39. The molecule has 0 saturated carbocycles. The zero-order valence-electron chi connectivity index (χ0n) is 13.8. The molecule has 1 aliphatic heterocycles. The number of rotatable bonds is 3. The Morgan fingerprint density at radius 3 is 2.54 bits per heavy atom. The van der Waals surface area contributed by atoms with Crippen molar-refractivity contribution in [3.63, 3.8) is 0 Å².